The van der Waals surface area contributed by atoms with Crippen LogP contribution in [-0.4, -0.2) is 57.8 Å². The van der Waals surface area contributed by atoms with Gasteiger partial charge in [0.2, 0.25) is 5.91 Å². The maximum atomic E-state index is 14.3. The summed E-state index contributed by atoms with van der Waals surface area (Å²) in [4.78, 5) is 41.2. The van der Waals surface area contributed by atoms with Gasteiger partial charge in [-0.05, 0) is 50.6 Å². The van der Waals surface area contributed by atoms with E-state index in [1.807, 2.05) is 0 Å². The lowest BCUT2D eigenvalue weighted by Gasteiger charge is -2.53. The first-order chi connectivity index (χ1) is 17.6. The Balaban J connectivity index is 1.96. The third-order valence-corrected chi connectivity index (χ3v) is 5.94. The van der Waals surface area contributed by atoms with Crippen LogP contribution in [0.5, 0.6) is 0 Å². The van der Waals surface area contributed by atoms with Crippen LogP contribution in [0.3, 0.4) is 0 Å². The molecular formula is C25H25ClF5N3O4. The van der Waals surface area contributed by atoms with Crippen molar-refractivity contribution < 1.29 is 41.1 Å². The van der Waals surface area contributed by atoms with E-state index in [0.717, 1.165) is 46.2 Å². The van der Waals surface area contributed by atoms with Gasteiger partial charge in [0.05, 0.1) is 24.3 Å². The van der Waals surface area contributed by atoms with Crippen LogP contribution in [0, 0.1) is 11.6 Å². The first kappa shape index (κ1) is 29.2. The third kappa shape index (κ3) is 6.53. The van der Waals surface area contributed by atoms with Crippen LogP contribution in [0.2, 0.25) is 0 Å². The van der Waals surface area contributed by atoms with Crippen LogP contribution >= 0.6 is 11.6 Å². The summed E-state index contributed by atoms with van der Waals surface area (Å²) in [5.74, 6) is -4.21. The van der Waals surface area contributed by atoms with Crippen LogP contribution in [0.1, 0.15) is 31.9 Å². The molecule has 1 aliphatic heterocycles. The summed E-state index contributed by atoms with van der Waals surface area (Å²) in [6.45, 7) is 3.81. The first-order valence-corrected chi connectivity index (χ1v) is 11.9. The van der Waals surface area contributed by atoms with Gasteiger partial charge >= 0.3 is 12.3 Å². The maximum absolute atomic E-state index is 14.3. The van der Waals surface area contributed by atoms with Crippen LogP contribution in [0.25, 0.3) is 0 Å². The predicted molar refractivity (Wildman–Crippen MR) is 128 cm³/mol. The molecule has 1 fully saturated rings. The molecule has 2 aromatic carbocycles. The van der Waals surface area contributed by atoms with E-state index in [1.54, 1.807) is 20.8 Å². The number of hydrogen-bond donors (Lipinski definition) is 1. The van der Waals surface area contributed by atoms with Gasteiger partial charge in [0.15, 0.2) is 5.54 Å². The van der Waals surface area contributed by atoms with Gasteiger partial charge in [-0.25, -0.2) is 13.6 Å². The highest BCUT2D eigenvalue weighted by molar-refractivity contribution is 6.27. The van der Waals surface area contributed by atoms with Gasteiger partial charge in [-0.15, -0.1) is 11.6 Å². The van der Waals surface area contributed by atoms with E-state index in [9.17, 15) is 36.3 Å². The fourth-order valence-electron chi connectivity index (χ4n) is 3.84. The number of ether oxygens (including phenoxy) is 1. The van der Waals surface area contributed by atoms with Crippen molar-refractivity contribution in [1.82, 2.24) is 9.80 Å². The quantitative estimate of drug-likeness (QED) is 0.389. The number of alkyl halides is 4. The largest absolute Gasteiger partial charge is 0.444 e. The number of hydrogen-bond acceptors (Lipinski definition) is 4. The highest BCUT2D eigenvalue weighted by atomic mass is 35.5. The van der Waals surface area contributed by atoms with E-state index in [1.165, 1.54) is 0 Å². The molecule has 1 aliphatic rings. The lowest BCUT2D eigenvalue weighted by molar-refractivity contribution is -0.156. The molecule has 2 aromatic rings. The summed E-state index contributed by atoms with van der Waals surface area (Å²) in [5, 5.41) is 2.32. The molecular weight excluding hydrogens is 537 g/mol. The average Bonchev–Trinajstić information content (AvgIpc) is 2.77. The van der Waals surface area contributed by atoms with E-state index in [2.05, 4.69) is 5.32 Å². The van der Waals surface area contributed by atoms with Gasteiger partial charge < -0.3 is 19.9 Å². The topological polar surface area (TPSA) is 79.0 Å². The number of halogens is 6. The fraction of sp³-hybridized carbons (Fsp3) is 0.400. The van der Waals surface area contributed by atoms with E-state index in [4.69, 9.17) is 16.3 Å². The Morgan fingerprint density at radius 1 is 1.05 bits per heavy atom. The lowest BCUT2D eigenvalue weighted by atomic mass is 9.85. The van der Waals surface area contributed by atoms with Crippen molar-refractivity contribution in [3.63, 3.8) is 0 Å². The second-order valence-electron chi connectivity index (χ2n) is 9.75. The molecule has 0 saturated carbocycles. The third-order valence-electron chi connectivity index (χ3n) is 5.71. The molecule has 0 aliphatic carbocycles. The number of nitrogens with zero attached hydrogens (tertiary/aromatic N) is 2. The van der Waals surface area contributed by atoms with Crippen molar-refractivity contribution in [2.45, 2.75) is 44.6 Å². The molecule has 0 atom stereocenters. The number of rotatable bonds is 6. The number of likely N-dealkylation sites (tertiary alicyclic amines) is 1. The molecule has 1 N–H and O–H groups in total. The molecule has 3 amide bonds. The van der Waals surface area contributed by atoms with Gasteiger partial charge in [-0.3, -0.25) is 9.59 Å². The minimum Gasteiger partial charge on any atom is -0.444 e. The Labute approximate surface area is 220 Å². The van der Waals surface area contributed by atoms with E-state index >= 15 is 0 Å². The Bertz CT molecular complexity index is 1210. The fourth-order valence-corrected chi connectivity index (χ4v) is 3.98. The number of benzene rings is 2. The maximum Gasteiger partial charge on any atom is 0.416 e. The molecule has 1 heterocycles. The molecule has 1 saturated heterocycles. The monoisotopic (exact) mass is 561 g/mol. The van der Waals surface area contributed by atoms with E-state index < -0.39 is 58.3 Å². The minimum atomic E-state index is -4.58. The average molecular weight is 562 g/mol. The number of nitrogens with one attached hydrogen (secondary N) is 1. The zero-order valence-corrected chi connectivity index (χ0v) is 21.4. The summed E-state index contributed by atoms with van der Waals surface area (Å²) in [5.41, 5.74) is -3.69. The summed E-state index contributed by atoms with van der Waals surface area (Å²) in [7, 11) is 0. The zero-order chi connectivity index (χ0) is 28.5. The highest BCUT2D eigenvalue weighted by Gasteiger charge is 2.57. The van der Waals surface area contributed by atoms with Crippen molar-refractivity contribution in [3.8, 4) is 0 Å². The first-order valence-electron chi connectivity index (χ1n) is 11.3. The Morgan fingerprint density at radius 3 is 2.16 bits per heavy atom. The molecule has 3 rings (SSSR count). The van der Waals surface area contributed by atoms with Crippen molar-refractivity contribution in [3.05, 3.63) is 65.2 Å². The van der Waals surface area contributed by atoms with Crippen molar-refractivity contribution in [2.24, 2.45) is 0 Å². The molecule has 0 spiro atoms. The Morgan fingerprint density at radius 2 is 1.66 bits per heavy atom. The summed E-state index contributed by atoms with van der Waals surface area (Å²) < 4.78 is 71.9. The van der Waals surface area contributed by atoms with Gasteiger partial charge in [0.25, 0.3) is 5.91 Å². The van der Waals surface area contributed by atoms with Crippen LogP contribution in [-0.2, 0) is 27.0 Å². The standard InChI is InChI=1S/C25H25ClF5N3O4/c1-23(2,3)38-22(37)33-13-24(14-33,21(36)32-19-9-8-17(27)10-18(19)28)34(20(35)11-26)12-15-4-6-16(7-5-15)25(29,30)31/h4-10H,11-14H2,1-3H3,(H,32,36). The highest BCUT2D eigenvalue weighted by Crippen LogP contribution is 2.34. The van der Waals surface area contributed by atoms with Crippen LogP contribution in [0.4, 0.5) is 32.4 Å². The smallest absolute Gasteiger partial charge is 0.416 e. The number of carbonyl (C=O) groups excluding carboxylic acids is 3. The Hall–Kier alpha value is -3.41. The second kappa shape index (κ2) is 10.8. The van der Waals surface area contributed by atoms with E-state index in [-0.39, 0.29) is 30.9 Å². The predicted octanol–water partition coefficient (Wildman–Crippen LogP) is 5.18. The number of amides is 3. The molecule has 0 unspecified atom stereocenters. The SMILES string of the molecule is CC(C)(C)OC(=O)N1CC(C(=O)Nc2ccc(F)cc2F)(N(Cc2ccc(C(F)(F)F)cc2)C(=O)CCl)C1. The number of anilines is 1. The second-order valence-corrected chi connectivity index (χ2v) is 10.0. The van der Waals surface area contributed by atoms with Gasteiger partial charge in [0.1, 0.15) is 23.1 Å². The summed E-state index contributed by atoms with van der Waals surface area (Å²) >= 11 is 5.80. The van der Waals surface area contributed by atoms with Crippen molar-refractivity contribution in [1.29, 1.82) is 0 Å². The molecule has 0 aromatic heterocycles. The molecule has 38 heavy (non-hydrogen) atoms. The van der Waals surface area contributed by atoms with Crippen LogP contribution < -0.4 is 5.32 Å². The summed E-state index contributed by atoms with van der Waals surface area (Å²) in [6, 6.07) is 6.41. The zero-order valence-electron chi connectivity index (χ0n) is 20.7. The molecule has 0 bridgehead atoms. The van der Waals surface area contributed by atoms with Crippen LogP contribution in [0.15, 0.2) is 42.5 Å². The Kier molecular flexibility index (Phi) is 8.25. The summed E-state index contributed by atoms with van der Waals surface area (Å²) in [6.07, 6.45) is -5.35. The van der Waals surface area contributed by atoms with Crippen molar-refractivity contribution >= 4 is 35.2 Å². The molecule has 206 valence electrons. The van der Waals surface area contributed by atoms with Gasteiger partial charge in [0, 0.05) is 12.6 Å². The van der Waals surface area contributed by atoms with Crippen molar-refractivity contribution in [2.75, 3.05) is 24.3 Å². The number of carbonyl (C=O) groups is 3. The van der Waals surface area contributed by atoms with Gasteiger partial charge in [-0.2, -0.15) is 13.2 Å². The molecule has 7 nitrogen and oxygen atoms in total. The van der Waals surface area contributed by atoms with E-state index in [0.29, 0.717) is 6.07 Å². The van der Waals surface area contributed by atoms with Gasteiger partial charge in [-0.1, -0.05) is 12.1 Å². The molecule has 0 radical (unpaired) electrons. The lowest BCUT2D eigenvalue weighted by Crippen LogP contribution is -2.77. The minimum absolute atomic E-state index is 0.243. The normalized spacial score (nSPS) is 14.9. The molecule has 13 heteroatoms.